The Hall–Kier alpha value is -4.34. The van der Waals surface area contributed by atoms with E-state index in [0.29, 0.717) is 51.7 Å². The van der Waals surface area contributed by atoms with Crippen molar-refractivity contribution < 1.29 is 23.1 Å². The molecule has 1 saturated carbocycles. The normalized spacial score (nSPS) is 15.7. The Morgan fingerprint density at radius 3 is 2.60 bits per heavy atom. The maximum absolute atomic E-state index is 13.9. The van der Waals surface area contributed by atoms with Gasteiger partial charge in [-0.3, -0.25) is 9.59 Å². The lowest BCUT2D eigenvalue weighted by molar-refractivity contribution is -0.121. The molecule has 43 heavy (non-hydrogen) atoms. The number of nitrogens with two attached hydrogens (primary N) is 1. The van der Waals surface area contributed by atoms with Crippen molar-refractivity contribution in [3.63, 3.8) is 0 Å². The van der Waals surface area contributed by atoms with Crippen LogP contribution >= 0.6 is 0 Å². The van der Waals surface area contributed by atoms with E-state index in [-0.39, 0.29) is 25.0 Å². The lowest BCUT2D eigenvalue weighted by Gasteiger charge is -2.30. The van der Waals surface area contributed by atoms with Crippen molar-refractivity contribution in [3.05, 3.63) is 71.1 Å². The first-order valence-corrected chi connectivity index (χ1v) is 14.9. The summed E-state index contributed by atoms with van der Waals surface area (Å²) in [6.07, 6.45) is 8.35. The summed E-state index contributed by atoms with van der Waals surface area (Å²) in [7, 11) is 0. The summed E-state index contributed by atoms with van der Waals surface area (Å²) in [5.74, 6) is -1.62. The molecule has 1 aliphatic heterocycles. The molecule has 2 aromatic heterocycles. The van der Waals surface area contributed by atoms with Gasteiger partial charge in [-0.1, -0.05) is 45.2 Å². The summed E-state index contributed by atoms with van der Waals surface area (Å²) >= 11 is 0. The number of pyridine rings is 1. The van der Waals surface area contributed by atoms with Crippen molar-refractivity contribution in [2.75, 3.05) is 11.5 Å². The highest BCUT2D eigenvalue weighted by Crippen LogP contribution is 2.41. The summed E-state index contributed by atoms with van der Waals surface area (Å²) in [6, 6.07) is 8.93. The van der Waals surface area contributed by atoms with Gasteiger partial charge in [-0.25, -0.2) is 18.4 Å². The van der Waals surface area contributed by atoms with Crippen molar-refractivity contribution in [2.45, 2.75) is 65.5 Å². The number of benzene rings is 2. The summed E-state index contributed by atoms with van der Waals surface area (Å²) < 4.78 is 35.2. The second kappa shape index (κ2) is 11.7. The van der Waals surface area contributed by atoms with Gasteiger partial charge < -0.3 is 15.4 Å². The molecule has 1 fully saturated rings. The van der Waals surface area contributed by atoms with E-state index in [9.17, 15) is 18.4 Å². The molecule has 0 saturated heterocycles. The van der Waals surface area contributed by atoms with Crippen LogP contribution < -0.4 is 15.4 Å². The zero-order valence-corrected chi connectivity index (χ0v) is 24.4. The van der Waals surface area contributed by atoms with Gasteiger partial charge in [-0.15, -0.1) is 0 Å². The van der Waals surface area contributed by atoms with Crippen LogP contribution in [0.4, 0.5) is 14.5 Å². The zero-order chi connectivity index (χ0) is 30.2. The molecule has 6 rings (SSSR count). The van der Waals surface area contributed by atoms with Crippen LogP contribution in [0.15, 0.2) is 42.6 Å². The number of aromatic nitrogens is 3. The number of anilines is 1. The molecule has 224 valence electrons. The first-order chi connectivity index (χ1) is 20.7. The molecule has 2 aromatic carbocycles. The van der Waals surface area contributed by atoms with Gasteiger partial charge in [-0.2, -0.15) is 5.10 Å². The van der Waals surface area contributed by atoms with E-state index in [4.69, 9.17) is 20.6 Å². The molecule has 4 aromatic rings. The summed E-state index contributed by atoms with van der Waals surface area (Å²) in [5, 5.41) is 5.45. The second-order valence-corrected chi connectivity index (χ2v) is 12.0. The van der Waals surface area contributed by atoms with Gasteiger partial charge in [0.2, 0.25) is 0 Å². The molecule has 0 bridgehead atoms. The lowest BCUT2D eigenvalue weighted by Crippen LogP contribution is -2.38. The third kappa shape index (κ3) is 5.70. The minimum atomic E-state index is -0.976. The maximum atomic E-state index is 13.9. The van der Waals surface area contributed by atoms with Gasteiger partial charge in [0.25, 0.3) is 11.8 Å². The van der Waals surface area contributed by atoms with Crippen LogP contribution in [-0.2, 0) is 24.3 Å². The lowest BCUT2D eigenvalue weighted by atomic mass is 9.89. The number of fused-ring (bicyclic) bond motifs is 2. The molecule has 3 heterocycles. The second-order valence-electron chi connectivity index (χ2n) is 12.0. The fourth-order valence-electron chi connectivity index (χ4n) is 6.34. The highest BCUT2D eigenvalue weighted by Gasteiger charge is 2.29. The number of hydrogen-bond acceptors (Lipinski definition) is 5. The SMILES string of the molecule is CC(C)Cc1nc2c(cnn2CC2CCCCC2)c(-c2ccc3c(c2)OCC(=O)N3Cc2ccc(F)c(F)c2)c1C(N)=O. The number of primary amides is 1. The van der Waals surface area contributed by atoms with E-state index in [0.717, 1.165) is 42.6 Å². The molecule has 10 heteroatoms. The number of amides is 2. The van der Waals surface area contributed by atoms with E-state index < -0.39 is 17.5 Å². The van der Waals surface area contributed by atoms with Crippen LogP contribution in [0.25, 0.3) is 22.2 Å². The largest absolute Gasteiger partial charge is 0.482 e. The quantitative estimate of drug-likeness (QED) is 0.265. The van der Waals surface area contributed by atoms with Gasteiger partial charge in [0.1, 0.15) is 5.75 Å². The van der Waals surface area contributed by atoms with Crippen molar-refractivity contribution in [2.24, 2.45) is 17.6 Å². The molecule has 0 unspecified atom stereocenters. The monoisotopic (exact) mass is 587 g/mol. The fourth-order valence-corrected chi connectivity index (χ4v) is 6.34. The van der Waals surface area contributed by atoms with E-state index in [1.165, 1.54) is 30.2 Å². The first kappa shape index (κ1) is 28.8. The molecule has 0 atom stereocenters. The Bertz CT molecular complexity index is 1710. The predicted molar refractivity (Wildman–Crippen MR) is 160 cm³/mol. The number of carbonyl (C=O) groups is 2. The van der Waals surface area contributed by atoms with Gasteiger partial charge in [-0.05, 0) is 66.5 Å². The third-order valence-electron chi connectivity index (χ3n) is 8.38. The number of halogens is 2. The van der Waals surface area contributed by atoms with E-state index in [1.54, 1.807) is 18.3 Å². The topological polar surface area (TPSA) is 103 Å². The van der Waals surface area contributed by atoms with Crippen LogP contribution in [0.3, 0.4) is 0 Å². The number of carbonyl (C=O) groups excluding carboxylic acids is 2. The van der Waals surface area contributed by atoms with Crippen molar-refractivity contribution in [1.29, 1.82) is 0 Å². The Morgan fingerprint density at radius 1 is 1.09 bits per heavy atom. The molecule has 0 spiro atoms. The Balaban J connectivity index is 1.45. The van der Waals surface area contributed by atoms with Crippen LogP contribution in [0.1, 0.15) is 67.6 Å². The number of ether oxygens (including phenoxy) is 1. The average molecular weight is 588 g/mol. The molecule has 8 nitrogen and oxygen atoms in total. The van der Waals surface area contributed by atoms with Gasteiger partial charge in [0.05, 0.1) is 29.7 Å². The number of rotatable bonds is 8. The Labute approximate surface area is 248 Å². The van der Waals surface area contributed by atoms with Gasteiger partial charge >= 0.3 is 0 Å². The number of nitrogens with zero attached hydrogens (tertiary/aromatic N) is 4. The van der Waals surface area contributed by atoms with Crippen LogP contribution in [0, 0.1) is 23.5 Å². The molecular weight excluding hydrogens is 552 g/mol. The fraction of sp³-hybridized carbons (Fsp3) is 0.394. The van der Waals surface area contributed by atoms with Crippen LogP contribution in [0.2, 0.25) is 0 Å². The average Bonchev–Trinajstić information content (AvgIpc) is 3.37. The number of hydrogen-bond donors (Lipinski definition) is 1. The Kier molecular flexibility index (Phi) is 7.85. The smallest absolute Gasteiger partial charge is 0.265 e. The summed E-state index contributed by atoms with van der Waals surface area (Å²) in [5.41, 5.74) is 9.97. The first-order valence-electron chi connectivity index (χ1n) is 14.9. The minimum Gasteiger partial charge on any atom is -0.482 e. The van der Waals surface area contributed by atoms with Crippen LogP contribution in [-0.4, -0.2) is 33.2 Å². The molecular formula is C33H35F2N5O3. The molecule has 2 aliphatic rings. The van der Waals surface area contributed by atoms with E-state index in [2.05, 4.69) is 13.8 Å². The molecule has 2 amide bonds. The standard InChI is InChI=1S/C33H35F2N5O3/c1-19(2)12-26-31(32(36)42)30(23-15-37-40(33(23)38-26)17-20-6-4-3-5-7-20)22-9-11-27-28(14-22)43-18-29(41)39(27)16-21-8-10-24(34)25(35)13-21/h8-11,13-15,19-20H,3-7,12,16-18H2,1-2H3,(H2,36,42). The highest BCUT2D eigenvalue weighted by atomic mass is 19.2. The van der Waals surface area contributed by atoms with Gasteiger partial charge in [0, 0.05) is 17.5 Å². The third-order valence-corrected chi connectivity index (χ3v) is 8.38. The van der Waals surface area contributed by atoms with Crippen LogP contribution in [0.5, 0.6) is 5.75 Å². The maximum Gasteiger partial charge on any atom is 0.265 e. The Morgan fingerprint density at radius 2 is 1.88 bits per heavy atom. The molecule has 1 aliphatic carbocycles. The molecule has 0 radical (unpaired) electrons. The van der Waals surface area contributed by atoms with Gasteiger partial charge in [0.15, 0.2) is 23.9 Å². The van der Waals surface area contributed by atoms with Crippen molar-refractivity contribution in [3.8, 4) is 16.9 Å². The predicted octanol–water partition coefficient (Wildman–Crippen LogP) is 6.18. The highest BCUT2D eigenvalue weighted by molar-refractivity contribution is 6.09. The summed E-state index contributed by atoms with van der Waals surface area (Å²) in [4.78, 5) is 32.3. The van der Waals surface area contributed by atoms with E-state index in [1.807, 2.05) is 10.7 Å². The summed E-state index contributed by atoms with van der Waals surface area (Å²) in [6.45, 7) is 4.74. The van der Waals surface area contributed by atoms with Crippen molar-refractivity contribution >= 4 is 28.5 Å². The van der Waals surface area contributed by atoms with Crippen molar-refractivity contribution in [1.82, 2.24) is 14.8 Å². The zero-order valence-electron chi connectivity index (χ0n) is 24.4. The molecule has 2 N–H and O–H groups in total. The van der Waals surface area contributed by atoms with E-state index >= 15 is 0 Å². The minimum absolute atomic E-state index is 0.0459.